The van der Waals surface area contributed by atoms with Gasteiger partial charge in [-0.25, -0.2) is 4.39 Å². The molecule has 1 nitrogen and oxygen atoms in total. The molecule has 0 saturated heterocycles. The fourth-order valence-corrected chi connectivity index (χ4v) is 2.18. The minimum atomic E-state index is -0.300. The van der Waals surface area contributed by atoms with E-state index in [1.54, 1.807) is 0 Å². The first-order valence-corrected chi connectivity index (χ1v) is 5.56. The molecular weight excluding hydrogens is 199 g/mol. The number of Topliss-reactive ketones (excluding diaryl/α,β-unsaturated/α-hetero) is 1. The maximum absolute atomic E-state index is 13.5. The van der Waals surface area contributed by atoms with Gasteiger partial charge in [-0.1, -0.05) is 0 Å². The number of hydrogen-bond acceptors (Lipinski definition) is 2. The molecule has 0 heterocycles. The molecule has 0 fully saturated rings. The van der Waals surface area contributed by atoms with Gasteiger partial charge in [0, 0.05) is 10.5 Å². The summed E-state index contributed by atoms with van der Waals surface area (Å²) in [4.78, 5) is 11.8. The van der Waals surface area contributed by atoms with Gasteiger partial charge in [0.1, 0.15) is 5.82 Å². The summed E-state index contributed by atoms with van der Waals surface area (Å²) in [5.74, 6) is -0.386. The van der Waals surface area contributed by atoms with E-state index in [1.165, 1.54) is 24.8 Å². The Kier molecular flexibility index (Phi) is 3.32. The van der Waals surface area contributed by atoms with Crippen LogP contribution in [0.2, 0.25) is 0 Å². The number of halogens is 1. The summed E-state index contributed by atoms with van der Waals surface area (Å²) in [6.07, 6.45) is 1.83. The number of benzene rings is 1. The Morgan fingerprint density at radius 3 is 2.36 bits per heavy atom. The van der Waals surface area contributed by atoms with E-state index in [0.29, 0.717) is 10.5 Å². The van der Waals surface area contributed by atoms with Crippen LogP contribution in [0.25, 0.3) is 0 Å². The zero-order valence-corrected chi connectivity index (χ0v) is 9.59. The highest BCUT2D eigenvalue weighted by atomic mass is 32.2. The molecule has 0 bridgehead atoms. The van der Waals surface area contributed by atoms with Gasteiger partial charge in [0.2, 0.25) is 0 Å². The lowest BCUT2D eigenvalue weighted by Gasteiger charge is -2.11. The fraction of sp³-hybridized carbons (Fsp3) is 0.364. The van der Waals surface area contributed by atoms with Gasteiger partial charge in [-0.15, -0.1) is 11.8 Å². The Balaban J connectivity index is 3.47. The predicted molar refractivity (Wildman–Crippen MR) is 57.7 cm³/mol. The molecule has 1 aromatic carbocycles. The molecular formula is C11H13FOS. The highest BCUT2D eigenvalue weighted by Gasteiger charge is 2.13. The zero-order valence-electron chi connectivity index (χ0n) is 8.77. The summed E-state index contributed by atoms with van der Waals surface area (Å²) in [5.41, 5.74) is 2.23. The second-order valence-electron chi connectivity index (χ2n) is 3.25. The van der Waals surface area contributed by atoms with Gasteiger partial charge >= 0.3 is 0 Å². The predicted octanol–water partition coefficient (Wildman–Crippen LogP) is 3.37. The maximum Gasteiger partial charge on any atom is 0.160 e. The number of ketones is 1. The van der Waals surface area contributed by atoms with E-state index < -0.39 is 0 Å². The molecule has 0 amide bonds. The van der Waals surface area contributed by atoms with Gasteiger partial charge in [-0.05, 0) is 44.2 Å². The Morgan fingerprint density at radius 2 is 1.93 bits per heavy atom. The van der Waals surface area contributed by atoms with Gasteiger partial charge < -0.3 is 0 Å². The van der Waals surface area contributed by atoms with Crippen LogP contribution in [0.4, 0.5) is 4.39 Å². The number of hydrogen-bond donors (Lipinski definition) is 0. The standard InChI is InChI=1S/C11H13FOS/c1-6-7(2)11(14-4)10(12)5-9(6)8(3)13/h5H,1-4H3. The molecule has 0 unspecified atom stereocenters. The molecule has 0 radical (unpaired) electrons. The maximum atomic E-state index is 13.5. The SMILES string of the molecule is CSc1c(F)cc(C(C)=O)c(C)c1C. The summed E-state index contributed by atoms with van der Waals surface area (Å²) >= 11 is 1.37. The molecule has 0 spiro atoms. The molecule has 1 rings (SSSR count). The van der Waals surface area contributed by atoms with Gasteiger partial charge in [0.25, 0.3) is 0 Å². The number of carbonyl (C=O) groups excluding carboxylic acids is 1. The molecule has 0 aliphatic heterocycles. The Hall–Kier alpha value is -0.830. The average molecular weight is 212 g/mol. The van der Waals surface area contributed by atoms with Crippen LogP contribution in [0.15, 0.2) is 11.0 Å². The Labute approximate surface area is 87.7 Å². The first kappa shape index (κ1) is 11.2. The van der Waals surface area contributed by atoms with Gasteiger partial charge in [-0.3, -0.25) is 4.79 Å². The van der Waals surface area contributed by atoms with Crippen LogP contribution in [0.5, 0.6) is 0 Å². The van der Waals surface area contributed by atoms with Crippen molar-refractivity contribution in [2.75, 3.05) is 6.26 Å². The number of rotatable bonds is 2. The average Bonchev–Trinajstić information content (AvgIpc) is 2.12. The van der Waals surface area contributed by atoms with Gasteiger partial charge in [0.05, 0.1) is 0 Å². The molecule has 0 atom stereocenters. The van der Waals surface area contributed by atoms with Crippen molar-refractivity contribution in [1.82, 2.24) is 0 Å². The zero-order chi connectivity index (χ0) is 10.9. The minimum absolute atomic E-state index is 0.0860. The molecule has 0 aromatic heterocycles. The van der Waals surface area contributed by atoms with Crippen LogP contribution in [-0.4, -0.2) is 12.0 Å². The van der Waals surface area contributed by atoms with Crippen LogP contribution in [0.3, 0.4) is 0 Å². The topological polar surface area (TPSA) is 17.1 Å². The fourth-order valence-electron chi connectivity index (χ4n) is 1.47. The van der Waals surface area contributed by atoms with Crippen LogP contribution in [-0.2, 0) is 0 Å². The molecule has 0 N–H and O–H groups in total. The summed E-state index contributed by atoms with van der Waals surface area (Å²) in [6, 6.07) is 1.33. The van der Waals surface area contributed by atoms with E-state index in [-0.39, 0.29) is 11.6 Å². The van der Waals surface area contributed by atoms with Crippen molar-refractivity contribution in [2.45, 2.75) is 25.7 Å². The third-order valence-electron chi connectivity index (χ3n) is 2.38. The lowest BCUT2D eigenvalue weighted by molar-refractivity contribution is 0.101. The van der Waals surface area contributed by atoms with Crippen molar-refractivity contribution in [3.05, 3.63) is 28.6 Å². The van der Waals surface area contributed by atoms with E-state index >= 15 is 0 Å². The Morgan fingerprint density at radius 1 is 1.36 bits per heavy atom. The first-order chi connectivity index (χ1) is 6.49. The third kappa shape index (κ3) is 1.82. The summed E-state index contributed by atoms with van der Waals surface area (Å²) in [7, 11) is 0. The van der Waals surface area contributed by atoms with Crippen molar-refractivity contribution < 1.29 is 9.18 Å². The summed E-state index contributed by atoms with van der Waals surface area (Å²) in [6.45, 7) is 5.15. The van der Waals surface area contributed by atoms with Crippen LogP contribution < -0.4 is 0 Å². The lowest BCUT2D eigenvalue weighted by atomic mass is 10.0. The van der Waals surface area contributed by atoms with E-state index in [9.17, 15) is 9.18 Å². The molecule has 14 heavy (non-hydrogen) atoms. The van der Waals surface area contributed by atoms with E-state index in [1.807, 2.05) is 20.1 Å². The smallest absolute Gasteiger partial charge is 0.160 e. The molecule has 3 heteroatoms. The van der Waals surface area contributed by atoms with Gasteiger partial charge in [-0.2, -0.15) is 0 Å². The lowest BCUT2D eigenvalue weighted by Crippen LogP contribution is -2.01. The first-order valence-electron chi connectivity index (χ1n) is 4.33. The number of thioether (sulfide) groups is 1. The highest BCUT2D eigenvalue weighted by molar-refractivity contribution is 7.98. The van der Waals surface area contributed by atoms with Crippen LogP contribution >= 0.6 is 11.8 Å². The third-order valence-corrected chi connectivity index (χ3v) is 3.29. The van der Waals surface area contributed by atoms with Crippen molar-refractivity contribution in [1.29, 1.82) is 0 Å². The Bertz CT molecular complexity index is 385. The van der Waals surface area contributed by atoms with Crippen molar-refractivity contribution in [2.24, 2.45) is 0 Å². The minimum Gasteiger partial charge on any atom is -0.294 e. The molecule has 0 saturated carbocycles. The quantitative estimate of drug-likeness (QED) is 0.552. The second-order valence-corrected chi connectivity index (χ2v) is 4.06. The van der Waals surface area contributed by atoms with Crippen molar-refractivity contribution in [3.63, 3.8) is 0 Å². The molecule has 0 aliphatic carbocycles. The second kappa shape index (κ2) is 4.13. The summed E-state index contributed by atoms with van der Waals surface area (Å²) in [5, 5.41) is 0. The van der Waals surface area contributed by atoms with Gasteiger partial charge in [0.15, 0.2) is 5.78 Å². The largest absolute Gasteiger partial charge is 0.294 e. The van der Waals surface area contributed by atoms with E-state index in [0.717, 1.165) is 11.1 Å². The van der Waals surface area contributed by atoms with Crippen LogP contribution in [0, 0.1) is 19.7 Å². The molecule has 0 aliphatic rings. The number of carbonyl (C=O) groups is 1. The van der Waals surface area contributed by atoms with E-state index in [2.05, 4.69) is 0 Å². The monoisotopic (exact) mass is 212 g/mol. The van der Waals surface area contributed by atoms with Crippen molar-refractivity contribution >= 4 is 17.5 Å². The summed E-state index contributed by atoms with van der Waals surface area (Å²) < 4.78 is 13.5. The van der Waals surface area contributed by atoms with Crippen molar-refractivity contribution in [3.8, 4) is 0 Å². The normalized spacial score (nSPS) is 10.4. The molecule has 1 aromatic rings. The van der Waals surface area contributed by atoms with Crippen LogP contribution in [0.1, 0.15) is 28.4 Å². The molecule has 76 valence electrons. The van der Waals surface area contributed by atoms with E-state index in [4.69, 9.17) is 0 Å². The highest BCUT2D eigenvalue weighted by Crippen LogP contribution is 2.28.